The van der Waals surface area contributed by atoms with Crippen LogP contribution in [0.25, 0.3) is 0 Å². The molecule has 1 aliphatic heterocycles. The summed E-state index contributed by atoms with van der Waals surface area (Å²) < 4.78 is 7.10. The molecule has 4 rings (SSSR count). The molecule has 0 saturated carbocycles. The lowest BCUT2D eigenvalue weighted by Gasteiger charge is -2.26. The summed E-state index contributed by atoms with van der Waals surface area (Å²) in [5.41, 5.74) is 2.33. The molecule has 0 unspecified atom stereocenters. The Morgan fingerprint density at radius 3 is 2.62 bits per heavy atom. The van der Waals surface area contributed by atoms with Crippen LogP contribution in [0, 0.1) is 10.1 Å². The van der Waals surface area contributed by atoms with Crippen LogP contribution in [0.2, 0.25) is 0 Å². The topological polar surface area (TPSA) is 69.4 Å². The highest BCUT2D eigenvalue weighted by molar-refractivity contribution is 8.01. The van der Waals surface area contributed by atoms with E-state index in [0.717, 1.165) is 20.2 Å². The van der Waals surface area contributed by atoms with E-state index in [1.807, 2.05) is 29.7 Å². The first-order valence-corrected chi connectivity index (χ1v) is 10.7. The molecule has 3 aromatic rings. The molecule has 1 aliphatic rings. The minimum absolute atomic E-state index is 0.0611. The fraction of sp³-hybridized carbons (Fsp3) is 0.136. The number of esters is 1. The maximum absolute atomic E-state index is 12.9. The fourth-order valence-corrected chi connectivity index (χ4v) is 5.71. The van der Waals surface area contributed by atoms with Crippen LogP contribution in [0.15, 0.2) is 81.7 Å². The second-order valence-corrected chi connectivity index (χ2v) is 8.79. The van der Waals surface area contributed by atoms with Gasteiger partial charge < -0.3 is 4.74 Å². The van der Waals surface area contributed by atoms with Crippen molar-refractivity contribution in [3.8, 4) is 0 Å². The molecule has 0 spiro atoms. The van der Waals surface area contributed by atoms with E-state index in [0.29, 0.717) is 6.42 Å². The number of carbonyl (C=O) groups is 1. The largest absolute Gasteiger partial charge is 0.453 e. The molecular formula is C22H17NO4S2. The van der Waals surface area contributed by atoms with E-state index in [1.54, 1.807) is 23.1 Å². The summed E-state index contributed by atoms with van der Waals surface area (Å²) in [6.07, 6.45) is 2.04. The zero-order chi connectivity index (χ0) is 20.4. The zero-order valence-corrected chi connectivity index (χ0v) is 16.9. The van der Waals surface area contributed by atoms with E-state index < -0.39 is 17.0 Å². The Morgan fingerprint density at radius 1 is 1.14 bits per heavy atom. The molecule has 1 aromatic heterocycles. The molecule has 0 amide bonds. The minimum Gasteiger partial charge on any atom is -0.453 e. The van der Waals surface area contributed by atoms with E-state index in [1.165, 1.54) is 24.3 Å². The van der Waals surface area contributed by atoms with Gasteiger partial charge in [0.15, 0.2) is 0 Å². The fourth-order valence-electron chi connectivity index (χ4n) is 3.44. The van der Waals surface area contributed by atoms with Crippen LogP contribution in [0.5, 0.6) is 0 Å². The van der Waals surface area contributed by atoms with Crippen molar-refractivity contribution in [3.05, 3.63) is 99.4 Å². The Labute approximate surface area is 176 Å². The van der Waals surface area contributed by atoms with Crippen molar-refractivity contribution in [2.75, 3.05) is 0 Å². The van der Waals surface area contributed by atoms with Gasteiger partial charge in [0.25, 0.3) is 5.69 Å². The molecule has 2 aromatic carbocycles. The number of benzene rings is 2. The highest BCUT2D eigenvalue weighted by Crippen LogP contribution is 2.51. The van der Waals surface area contributed by atoms with E-state index in [4.69, 9.17) is 4.74 Å². The Bertz CT molecular complexity index is 1070. The number of hydrogen-bond donors (Lipinski definition) is 0. The number of allylic oxidation sites excluding steroid dienone is 1. The number of carbonyl (C=O) groups excluding carboxylic acids is 1. The molecule has 7 heteroatoms. The van der Waals surface area contributed by atoms with E-state index >= 15 is 0 Å². The molecule has 0 bridgehead atoms. The molecule has 0 aliphatic carbocycles. The molecule has 0 fully saturated rings. The van der Waals surface area contributed by atoms with Crippen LogP contribution in [0.3, 0.4) is 0 Å². The van der Waals surface area contributed by atoms with Crippen LogP contribution < -0.4 is 0 Å². The second kappa shape index (κ2) is 8.23. The minimum atomic E-state index is -0.500. The molecule has 0 N–H and O–H groups in total. The van der Waals surface area contributed by atoms with Gasteiger partial charge in [0, 0.05) is 28.5 Å². The number of nitro benzene ring substituents is 1. The van der Waals surface area contributed by atoms with Crippen LogP contribution in [-0.4, -0.2) is 10.9 Å². The average Bonchev–Trinajstić information content (AvgIpc) is 3.14. The summed E-state index contributed by atoms with van der Waals surface area (Å²) in [5, 5.41) is 12.9. The lowest BCUT2D eigenvalue weighted by Crippen LogP contribution is -2.18. The third kappa shape index (κ3) is 3.83. The summed E-state index contributed by atoms with van der Waals surface area (Å²) >= 11 is 3.31. The van der Waals surface area contributed by atoms with Crippen LogP contribution in [-0.2, 0) is 4.74 Å². The SMILES string of the molecule is C=CC[C@@H]1c2ccccc2Sc2sccc2[C@@H]1OC(=O)c1ccc([N+](=O)[O-])cc1. The van der Waals surface area contributed by atoms with E-state index in [-0.39, 0.29) is 17.2 Å². The standard InChI is InChI=1S/C22H17NO4S2/c1-2-5-17-16-6-3-4-7-19(16)29-22-18(12-13-28-22)20(17)27-21(24)14-8-10-15(11-9-14)23(25)26/h2-4,6-13,17,20H,1,5H2/t17-,20-/m1/s1. The molecule has 2 atom stereocenters. The van der Waals surface area contributed by atoms with Crippen molar-refractivity contribution in [3.63, 3.8) is 0 Å². The number of ether oxygens (including phenoxy) is 1. The zero-order valence-electron chi connectivity index (χ0n) is 15.3. The number of nitro groups is 1. The number of hydrogen-bond acceptors (Lipinski definition) is 6. The monoisotopic (exact) mass is 423 g/mol. The van der Waals surface area contributed by atoms with Crippen molar-refractivity contribution in [2.45, 2.75) is 27.5 Å². The van der Waals surface area contributed by atoms with Gasteiger partial charge in [-0.1, -0.05) is 36.0 Å². The van der Waals surface area contributed by atoms with Crippen molar-refractivity contribution in [1.29, 1.82) is 0 Å². The van der Waals surface area contributed by atoms with Crippen molar-refractivity contribution >= 4 is 34.8 Å². The number of thiophene rings is 1. The number of nitrogens with zero attached hydrogens (tertiary/aromatic N) is 1. The lowest BCUT2D eigenvalue weighted by molar-refractivity contribution is -0.384. The molecule has 2 heterocycles. The predicted octanol–water partition coefficient (Wildman–Crippen LogP) is 6.38. The Kier molecular flexibility index (Phi) is 5.51. The van der Waals surface area contributed by atoms with Crippen LogP contribution >= 0.6 is 23.1 Å². The van der Waals surface area contributed by atoms with Gasteiger partial charge in [0.2, 0.25) is 0 Å². The van der Waals surface area contributed by atoms with Crippen LogP contribution in [0.1, 0.15) is 39.9 Å². The average molecular weight is 424 g/mol. The normalized spacial score (nSPS) is 17.5. The molecule has 0 saturated heterocycles. The van der Waals surface area contributed by atoms with E-state index in [2.05, 4.69) is 18.7 Å². The first-order valence-electron chi connectivity index (χ1n) is 8.99. The first kappa shape index (κ1) is 19.4. The Balaban J connectivity index is 1.71. The van der Waals surface area contributed by atoms with Crippen LogP contribution in [0.4, 0.5) is 5.69 Å². The molecule has 0 radical (unpaired) electrons. The number of non-ortho nitro benzene ring substituents is 1. The third-order valence-corrected chi connectivity index (χ3v) is 7.09. The predicted molar refractivity (Wildman–Crippen MR) is 114 cm³/mol. The van der Waals surface area contributed by atoms with Gasteiger partial charge in [-0.2, -0.15) is 0 Å². The van der Waals surface area contributed by atoms with Crippen molar-refractivity contribution in [2.24, 2.45) is 0 Å². The first-order chi connectivity index (χ1) is 14.1. The van der Waals surface area contributed by atoms with E-state index in [9.17, 15) is 14.9 Å². The summed E-state index contributed by atoms with van der Waals surface area (Å²) in [6, 6.07) is 15.6. The summed E-state index contributed by atoms with van der Waals surface area (Å²) in [7, 11) is 0. The maximum Gasteiger partial charge on any atom is 0.338 e. The molecular weight excluding hydrogens is 406 g/mol. The Hall–Kier alpha value is -2.90. The molecule has 146 valence electrons. The quantitative estimate of drug-likeness (QED) is 0.206. The summed E-state index contributed by atoms with van der Waals surface area (Å²) in [4.78, 5) is 24.4. The van der Waals surface area contributed by atoms with Crippen molar-refractivity contribution in [1.82, 2.24) is 0 Å². The Morgan fingerprint density at radius 2 is 1.90 bits per heavy atom. The highest BCUT2D eigenvalue weighted by Gasteiger charge is 2.34. The van der Waals surface area contributed by atoms with Gasteiger partial charge in [-0.3, -0.25) is 10.1 Å². The van der Waals surface area contributed by atoms with Gasteiger partial charge in [0.05, 0.1) is 14.7 Å². The highest BCUT2D eigenvalue weighted by atomic mass is 32.2. The summed E-state index contributed by atoms with van der Waals surface area (Å²) in [6.45, 7) is 3.89. The smallest absolute Gasteiger partial charge is 0.338 e. The number of fused-ring (bicyclic) bond motifs is 2. The maximum atomic E-state index is 12.9. The number of rotatable bonds is 5. The van der Waals surface area contributed by atoms with Gasteiger partial charge in [-0.25, -0.2) is 4.79 Å². The molecule has 29 heavy (non-hydrogen) atoms. The van der Waals surface area contributed by atoms with Crippen molar-refractivity contribution < 1.29 is 14.5 Å². The lowest BCUT2D eigenvalue weighted by atomic mass is 9.87. The third-order valence-electron chi connectivity index (χ3n) is 4.82. The van der Waals surface area contributed by atoms with Gasteiger partial charge in [-0.15, -0.1) is 17.9 Å². The van der Waals surface area contributed by atoms with Gasteiger partial charge >= 0.3 is 5.97 Å². The summed E-state index contributed by atoms with van der Waals surface area (Å²) in [5.74, 6) is -0.561. The van der Waals surface area contributed by atoms with Gasteiger partial charge in [-0.05, 0) is 41.6 Å². The van der Waals surface area contributed by atoms with Gasteiger partial charge in [0.1, 0.15) is 6.10 Å². The molecule has 5 nitrogen and oxygen atoms in total. The second-order valence-electron chi connectivity index (χ2n) is 6.56.